The molecule has 0 heterocycles. The monoisotopic (exact) mass is 454 g/mol. The average molecular weight is 455 g/mol. The van der Waals surface area contributed by atoms with Crippen molar-refractivity contribution < 1.29 is 8.78 Å². The first-order valence-electron chi connectivity index (χ1n) is 12.2. The average Bonchev–Trinajstić information content (AvgIpc) is 2.86. The SMILES string of the molecule is CCCc1ccc(-c2ccc(CCc3cc(F)c(C[C@H](C)c4ccccc4)c(F)c3)cc2)cc1. The van der Waals surface area contributed by atoms with E-state index in [1.54, 1.807) is 0 Å². The topological polar surface area (TPSA) is 0 Å². The van der Waals surface area contributed by atoms with Crippen molar-refractivity contribution in [1.29, 1.82) is 0 Å². The molecule has 0 aliphatic rings. The summed E-state index contributed by atoms with van der Waals surface area (Å²) < 4.78 is 29.6. The van der Waals surface area contributed by atoms with Crippen molar-refractivity contribution in [2.45, 2.75) is 51.9 Å². The predicted octanol–water partition coefficient (Wildman–Crippen LogP) is 8.72. The van der Waals surface area contributed by atoms with Crippen molar-refractivity contribution in [3.8, 4) is 11.1 Å². The Hall–Kier alpha value is -3.26. The summed E-state index contributed by atoms with van der Waals surface area (Å²) >= 11 is 0. The quantitative estimate of drug-likeness (QED) is 0.237. The fraction of sp³-hybridized carbons (Fsp3) is 0.250. The molecule has 0 saturated carbocycles. The third-order valence-corrected chi connectivity index (χ3v) is 6.56. The molecule has 4 aromatic carbocycles. The van der Waals surface area contributed by atoms with Crippen LogP contribution in [-0.2, 0) is 25.7 Å². The molecular weight excluding hydrogens is 422 g/mol. The van der Waals surface area contributed by atoms with Crippen LogP contribution in [0.15, 0.2) is 91.0 Å². The highest BCUT2D eigenvalue weighted by atomic mass is 19.1. The molecule has 0 amide bonds. The zero-order chi connectivity index (χ0) is 23.9. The maximum Gasteiger partial charge on any atom is 0.129 e. The van der Waals surface area contributed by atoms with Gasteiger partial charge in [-0.15, -0.1) is 0 Å². The smallest absolute Gasteiger partial charge is 0.129 e. The van der Waals surface area contributed by atoms with E-state index in [1.807, 2.05) is 37.3 Å². The maximum absolute atomic E-state index is 14.8. The lowest BCUT2D eigenvalue weighted by Gasteiger charge is -2.14. The zero-order valence-corrected chi connectivity index (χ0v) is 20.0. The van der Waals surface area contributed by atoms with Crippen LogP contribution in [0.25, 0.3) is 11.1 Å². The van der Waals surface area contributed by atoms with Gasteiger partial charge in [0, 0.05) is 5.56 Å². The van der Waals surface area contributed by atoms with E-state index in [9.17, 15) is 8.78 Å². The molecule has 0 fully saturated rings. The van der Waals surface area contributed by atoms with Crippen LogP contribution < -0.4 is 0 Å². The second-order valence-corrected chi connectivity index (χ2v) is 9.20. The largest absolute Gasteiger partial charge is 0.207 e. The fourth-order valence-corrected chi connectivity index (χ4v) is 4.51. The lowest BCUT2D eigenvalue weighted by Crippen LogP contribution is -2.05. The molecule has 0 aromatic heterocycles. The predicted molar refractivity (Wildman–Crippen MR) is 138 cm³/mol. The Morgan fingerprint density at radius 3 is 1.65 bits per heavy atom. The minimum absolute atomic E-state index is 0.0532. The van der Waals surface area contributed by atoms with E-state index < -0.39 is 11.6 Å². The van der Waals surface area contributed by atoms with Gasteiger partial charge in [0.15, 0.2) is 0 Å². The van der Waals surface area contributed by atoms with Crippen molar-refractivity contribution in [2.24, 2.45) is 0 Å². The summed E-state index contributed by atoms with van der Waals surface area (Å²) in [6, 6.07) is 30.1. The highest BCUT2D eigenvalue weighted by Gasteiger charge is 2.15. The van der Waals surface area contributed by atoms with E-state index in [1.165, 1.54) is 28.8 Å². The molecule has 4 rings (SSSR count). The van der Waals surface area contributed by atoms with E-state index in [4.69, 9.17) is 0 Å². The molecule has 0 unspecified atom stereocenters. The molecule has 0 bridgehead atoms. The van der Waals surface area contributed by atoms with E-state index >= 15 is 0 Å². The third-order valence-electron chi connectivity index (χ3n) is 6.56. The number of benzene rings is 4. The van der Waals surface area contributed by atoms with Crippen LogP contribution in [0, 0.1) is 11.6 Å². The minimum Gasteiger partial charge on any atom is -0.207 e. The normalized spacial score (nSPS) is 12.0. The van der Waals surface area contributed by atoms with Crippen molar-refractivity contribution >= 4 is 0 Å². The molecular formula is C32H32F2. The van der Waals surface area contributed by atoms with E-state index in [-0.39, 0.29) is 11.5 Å². The summed E-state index contributed by atoms with van der Waals surface area (Å²) in [7, 11) is 0. The van der Waals surface area contributed by atoms with Crippen LogP contribution in [0.2, 0.25) is 0 Å². The van der Waals surface area contributed by atoms with Gasteiger partial charge in [0.1, 0.15) is 11.6 Å². The third kappa shape index (κ3) is 5.99. The van der Waals surface area contributed by atoms with E-state index in [0.29, 0.717) is 18.4 Å². The molecule has 2 heteroatoms. The Morgan fingerprint density at radius 2 is 1.12 bits per heavy atom. The number of rotatable bonds is 9. The zero-order valence-electron chi connectivity index (χ0n) is 20.0. The van der Waals surface area contributed by atoms with E-state index in [0.717, 1.165) is 30.4 Å². The first-order valence-corrected chi connectivity index (χ1v) is 12.2. The molecule has 0 nitrogen and oxygen atoms in total. The fourth-order valence-electron chi connectivity index (χ4n) is 4.51. The number of halogens is 2. The van der Waals surface area contributed by atoms with Gasteiger partial charge >= 0.3 is 0 Å². The van der Waals surface area contributed by atoms with Crippen molar-refractivity contribution in [3.05, 3.63) is 130 Å². The minimum atomic E-state index is -0.445. The Labute approximate surface area is 202 Å². The van der Waals surface area contributed by atoms with Crippen LogP contribution in [0.3, 0.4) is 0 Å². The number of hydrogen-bond donors (Lipinski definition) is 0. The van der Waals surface area contributed by atoms with E-state index in [2.05, 4.69) is 55.5 Å². The van der Waals surface area contributed by atoms with Gasteiger partial charge in [-0.25, -0.2) is 8.78 Å². The Morgan fingerprint density at radius 1 is 0.618 bits per heavy atom. The summed E-state index contributed by atoms with van der Waals surface area (Å²) in [5.41, 5.74) is 6.87. The molecule has 0 spiro atoms. The molecule has 0 aliphatic carbocycles. The molecule has 174 valence electrons. The Kier molecular flexibility index (Phi) is 7.90. The lowest BCUT2D eigenvalue weighted by atomic mass is 9.92. The van der Waals surface area contributed by atoms with Crippen LogP contribution in [0.5, 0.6) is 0 Å². The number of aryl methyl sites for hydroxylation is 3. The summed E-state index contributed by atoms with van der Waals surface area (Å²) in [5.74, 6) is -0.836. The second-order valence-electron chi connectivity index (χ2n) is 9.20. The molecule has 34 heavy (non-hydrogen) atoms. The summed E-state index contributed by atoms with van der Waals surface area (Å²) in [6.45, 7) is 4.20. The van der Waals surface area contributed by atoms with Crippen molar-refractivity contribution in [2.75, 3.05) is 0 Å². The van der Waals surface area contributed by atoms with Crippen LogP contribution in [-0.4, -0.2) is 0 Å². The molecule has 4 aromatic rings. The highest BCUT2D eigenvalue weighted by molar-refractivity contribution is 5.64. The van der Waals surface area contributed by atoms with Gasteiger partial charge in [-0.3, -0.25) is 0 Å². The number of hydrogen-bond acceptors (Lipinski definition) is 0. The Bertz CT molecular complexity index is 1170. The summed E-state index contributed by atoms with van der Waals surface area (Å²) in [5, 5.41) is 0. The Balaban J connectivity index is 1.38. The first kappa shape index (κ1) is 23.9. The van der Waals surface area contributed by atoms with Crippen LogP contribution in [0.4, 0.5) is 8.78 Å². The molecule has 1 atom stereocenters. The van der Waals surface area contributed by atoms with Crippen molar-refractivity contribution in [1.82, 2.24) is 0 Å². The van der Waals surface area contributed by atoms with Crippen LogP contribution >= 0.6 is 0 Å². The molecule has 0 N–H and O–H groups in total. The molecule has 0 saturated heterocycles. The van der Waals surface area contributed by atoms with Gasteiger partial charge in [0.05, 0.1) is 0 Å². The summed E-state index contributed by atoms with van der Waals surface area (Å²) in [6.07, 6.45) is 3.95. The van der Waals surface area contributed by atoms with Crippen molar-refractivity contribution in [3.63, 3.8) is 0 Å². The van der Waals surface area contributed by atoms with Gasteiger partial charge in [0.25, 0.3) is 0 Å². The van der Waals surface area contributed by atoms with Gasteiger partial charge in [-0.2, -0.15) is 0 Å². The van der Waals surface area contributed by atoms with Gasteiger partial charge < -0.3 is 0 Å². The molecule has 0 aliphatic heterocycles. The lowest BCUT2D eigenvalue weighted by molar-refractivity contribution is 0.540. The van der Waals surface area contributed by atoms with Gasteiger partial charge in [0.2, 0.25) is 0 Å². The standard InChI is InChI=1S/C32H32F2/c1-3-7-24-12-16-28(17-13-24)29-18-14-25(15-19-29)10-11-26-21-31(33)30(32(34)22-26)20-23(2)27-8-5-4-6-9-27/h4-6,8-9,12-19,21-23H,3,7,10-11,20H2,1-2H3/t23-/m0/s1. The summed E-state index contributed by atoms with van der Waals surface area (Å²) in [4.78, 5) is 0. The maximum atomic E-state index is 14.8. The van der Waals surface area contributed by atoms with Crippen LogP contribution in [0.1, 0.15) is 54.0 Å². The molecule has 0 radical (unpaired) electrons. The highest BCUT2D eigenvalue weighted by Crippen LogP contribution is 2.26. The first-order chi connectivity index (χ1) is 16.5. The van der Waals surface area contributed by atoms with Gasteiger partial charge in [-0.05, 0) is 77.1 Å². The second kappa shape index (κ2) is 11.2. The van der Waals surface area contributed by atoms with Gasteiger partial charge in [-0.1, -0.05) is 99.1 Å².